The maximum atomic E-state index is 13.0. The molecule has 170 valence electrons. The van der Waals surface area contributed by atoms with Gasteiger partial charge in [-0.3, -0.25) is 9.59 Å². The molecular formula is C23H23N5O5. The van der Waals surface area contributed by atoms with Crippen molar-refractivity contribution in [2.75, 3.05) is 39.3 Å². The molecule has 0 saturated carbocycles. The van der Waals surface area contributed by atoms with Crippen LogP contribution in [0, 0.1) is 6.92 Å². The Balaban J connectivity index is 1.63. The van der Waals surface area contributed by atoms with Gasteiger partial charge in [0.2, 0.25) is 0 Å². The molecule has 2 aromatic carbocycles. The van der Waals surface area contributed by atoms with E-state index < -0.39 is 11.5 Å². The number of hydrogen-bond donors (Lipinski definition) is 2. The summed E-state index contributed by atoms with van der Waals surface area (Å²) in [6.07, 6.45) is 0. The molecule has 0 fully saturated rings. The first-order valence-corrected chi connectivity index (χ1v) is 10.2. The lowest BCUT2D eigenvalue weighted by atomic mass is 10.1. The summed E-state index contributed by atoms with van der Waals surface area (Å²) in [5.74, 6) is 0.421. The molecule has 1 amide bonds. The average Bonchev–Trinajstić information content (AvgIpc) is 3.35. The minimum atomic E-state index is -0.527. The number of carbonyl (C=O) groups is 1. The predicted octanol–water partition coefficient (Wildman–Crippen LogP) is 3.29. The van der Waals surface area contributed by atoms with Crippen molar-refractivity contribution in [3.63, 3.8) is 0 Å². The van der Waals surface area contributed by atoms with Crippen LogP contribution in [0.2, 0.25) is 0 Å². The summed E-state index contributed by atoms with van der Waals surface area (Å²) < 4.78 is 16.1. The van der Waals surface area contributed by atoms with Crippen molar-refractivity contribution in [1.29, 1.82) is 0 Å². The lowest BCUT2D eigenvalue weighted by Crippen LogP contribution is -2.23. The molecule has 10 heteroatoms. The van der Waals surface area contributed by atoms with Crippen LogP contribution in [0.25, 0.3) is 10.9 Å². The van der Waals surface area contributed by atoms with Crippen LogP contribution in [-0.2, 0) is 4.74 Å². The molecule has 4 rings (SSSR count). The van der Waals surface area contributed by atoms with Crippen molar-refractivity contribution < 1.29 is 19.0 Å². The number of amides is 1. The Morgan fingerprint density at radius 3 is 2.70 bits per heavy atom. The number of benzene rings is 2. The van der Waals surface area contributed by atoms with Crippen LogP contribution < -0.4 is 20.3 Å². The van der Waals surface area contributed by atoms with Gasteiger partial charge in [0.25, 0.3) is 11.5 Å². The third kappa shape index (κ3) is 4.75. The highest BCUT2D eigenvalue weighted by atomic mass is 16.5. The van der Waals surface area contributed by atoms with Crippen molar-refractivity contribution in [3.05, 3.63) is 63.4 Å². The molecule has 0 spiro atoms. The molecule has 0 saturated heterocycles. The number of hydrogen-bond acceptors (Lipinski definition) is 8. The van der Waals surface area contributed by atoms with Crippen molar-refractivity contribution in [3.8, 4) is 11.5 Å². The van der Waals surface area contributed by atoms with E-state index in [2.05, 4.69) is 25.7 Å². The molecule has 2 N–H and O–H groups in total. The third-order valence-electron chi connectivity index (χ3n) is 5.19. The summed E-state index contributed by atoms with van der Waals surface area (Å²) in [5.41, 5.74) is 2.92. The Bertz CT molecular complexity index is 1330. The van der Waals surface area contributed by atoms with E-state index in [1.54, 1.807) is 25.3 Å². The lowest BCUT2D eigenvalue weighted by Gasteiger charge is -2.13. The van der Waals surface area contributed by atoms with Crippen LogP contribution in [0.1, 0.15) is 21.5 Å². The lowest BCUT2D eigenvalue weighted by molar-refractivity contribution is 0.102. The molecule has 1 aliphatic rings. The van der Waals surface area contributed by atoms with Gasteiger partial charge in [0.05, 0.1) is 24.9 Å². The van der Waals surface area contributed by atoms with Gasteiger partial charge in [0, 0.05) is 29.8 Å². The number of pyridine rings is 1. The Kier molecular flexibility index (Phi) is 6.45. The van der Waals surface area contributed by atoms with Gasteiger partial charge >= 0.3 is 0 Å². The summed E-state index contributed by atoms with van der Waals surface area (Å²) >= 11 is 0. The second kappa shape index (κ2) is 9.61. The predicted molar refractivity (Wildman–Crippen MR) is 124 cm³/mol. The van der Waals surface area contributed by atoms with Crippen LogP contribution >= 0.6 is 0 Å². The fourth-order valence-corrected chi connectivity index (χ4v) is 3.38. The molecule has 0 radical (unpaired) electrons. The van der Waals surface area contributed by atoms with Crippen molar-refractivity contribution in [2.45, 2.75) is 6.92 Å². The van der Waals surface area contributed by atoms with Gasteiger partial charge in [-0.2, -0.15) is 5.11 Å². The number of H-pyrrole nitrogens is 1. The Labute approximate surface area is 189 Å². The zero-order valence-electron chi connectivity index (χ0n) is 18.5. The minimum Gasteiger partial charge on any atom is -0.493 e. The quantitative estimate of drug-likeness (QED) is 0.510. The zero-order chi connectivity index (χ0) is 23.4. The molecule has 1 aromatic heterocycles. The minimum absolute atomic E-state index is 0.0226. The molecule has 2 heterocycles. The van der Waals surface area contributed by atoms with Gasteiger partial charge in [-0.25, -0.2) is 0 Å². The number of carbonyl (C=O) groups excluding carboxylic acids is 1. The number of ether oxygens (including phenoxy) is 3. The summed E-state index contributed by atoms with van der Waals surface area (Å²) in [6.45, 7) is 3.00. The van der Waals surface area contributed by atoms with E-state index in [4.69, 9.17) is 14.2 Å². The highest BCUT2D eigenvalue weighted by molar-refractivity contribution is 6.08. The standard InChI is InChI=1S/C23H23N5O5/c1-13-4-5-14(19-12-24-28-27-19)9-17(13)25-22(29)16-8-15-10-20(32-3)21(33-7-6-31-2)11-18(15)26-23(16)30/h4-5,8-11H,6-7,12H2,1-3H3,(H,25,29)(H,26,30). The van der Waals surface area contributed by atoms with E-state index in [0.29, 0.717) is 53.6 Å². The molecule has 0 aliphatic carbocycles. The SMILES string of the molecule is COCCOc1cc2[nH]c(=O)c(C(=O)Nc3cc(C4=NN=NC4)ccc3C)cc2cc1OC. The smallest absolute Gasteiger partial charge is 0.261 e. The Morgan fingerprint density at radius 1 is 1.12 bits per heavy atom. The highest BCUT2D eigenvalue weighted by Gasteiger charge is 2.17. The highest BCUT2D eigenvalue weighted by Crippen LogP contribution is 2.31. The first kappa shape index (κ1) is 22.2. The largest absolute Gasteiger partial charge is 0.493 e. The molecule has 3 aromatic rings. The van der Waals surface area contributed by atoms with Crippen LogP contribution in [0.3, 0.4) is 0 Å². The summed E-state index contributed by atoms with van der Waals surface area (Å²) in [7, 11) is 3.10. The number of methoxy groups -OCH3 is 2. The van der Waals surface area contributed by atoms with Crippen molar-refractivity contribution >= 4 is 28.2 Å². The average molecular weight is 449 g/mol. The van der Waals surface area contributed by atoms with Crippen molar-refractivity contribution in [1.82, 2.24) is 4.98 Å². The van der Waals surface area contributed by atoms with Crippen LogP contribution in [0.15, 0.2) is 56.6 Å². The maximum absolute atomic E-state index is 13.0. The third-order valence-corrected chi connectivity index (χ3v) is 5.19. The molecule has 10 nitrogen and oxygen atoms in total. The van der Waals surface area contributed by atoms with E-state index in [0.717, 1.165) is 11.1 Å². The second-order valence-corrected chi connectivity index (χ2v) is 7.36. The number of anilines is 1. The van der Waals surface area contributed by atoms with Gasteiger partial charge in [-0.1, -0.05) is 12.1 Å². The summed E-state index contributed by atoms with van der Waals surface area (Å²) in [4.78, 5) is 28.4. The number of nitrogens with one attached hydrogen (secondary N) is 2. The van der Waals surface area contributed by atoms with E-state index in [1.807, 2.05) is 19.1 Å². The molecular weight excluding hydrogens is 426 g/mol. The maximum Gasteiger partial charge on any atom is 0.261 e. The number of aromatic amines is 1. The van der Waals surface area contributed by atoms with Crippen LogP contribution in [0.4, 0.5) is 5.69 Å². The van der Waals surface area contributed by atoms with Crippen LogP contribution in [0.5, 0.6) is 11.5 Å². The number of aryl methyl sites for hydroxylation is 1. The summed E-state index contributed by atoms with van der Waals surface area (Å²) in [6, 6.07) is 10.5. The number of aromatic nitrogens is 1. The van der Waals surface area contributed by atoms with E-state index in [-0.39, 0.29) is 5.56 Å². The number of fused-ring (bicyclic) bond motifs is 1. The number of nitrogens with zero attached hydrogens (tertiary/aromatic N) is 3. The second-order valence-electron chi connectivity index (χ2n) is 7.36. The fourth-order valence-electron chi connectivity index (χ4n) is 3.38. The fraction of sp³-hybridized carbons (Fsp3) is 0.261. The molecule has 0 atom stereocenters. The zero-order valence-corrected chi connectivity index (χ0v) is 18.5. The first-order valence-electron chi connectivity index (χ1n) is 10.2. The molecule has 0 unspecified atom stereocenters. The Hall–Kier alpha value is -4.05. The molecule has 0 bridgehead atoms. The van der Waals surface area contributed by atoms with Gasteiger partial charge in [0.15, 0.2) is 11.5 Å². The first-order chi connectivity index (χ1) is 16.0. The van der Waals surface area contributed by atoms with Gasteiger partial charge in [-0.15, -0.1) is 5.10 Å². The molecule has 1 aliphatic heterocycles. The van der Waals surface area contributed by atoms with E-state index >= 15 is 0 Å². The van der Waals surface area contributed by atoms with E-state index in [1.165, 1.54) is 13.2 Å². The normalized spacial score (nSPS) is 12.6. The van der Waals surface area contributed by atoms with Gasteiger partial charge in [-0.05, 0) is 35.9 Å². The van der Waals surface area contributed by atoms with Crippen LogP contribution in [-0.4, -0.2) is 50.6 Å². The Morgan fingerprint density at radius 2 is 1.97 bits per heavy atom. The van der Waals surface area contributed by atoms with E-state index in [9.17, 15) is 9.59 Å². The van der Waals surface area contributed by atoms with Crippen molar-refractivity contribution in [2.24, 2.45) is 15.4 Å². The van der Waals surface area contributed by atoms with Gasteiger partial charge in [0.1, 0.15) is 18.7 Å². The number of rotatable bonds is 8. The monoisotopic (exact) mass is 449 g/mol. The summed E-state index contributed by atoms with van der Waals surface area (Å²) in [5, 5.41) is 14.9. The molecule has 33 heavy (non-hydrogen) atoms. The topological polar surface area (TPSA) is 127 Å². The van der Waals surface area contributed by atoms with Gasteiger partial charge < -0.3 is 24.5 Å².